The zero-order chi connectivity index (χ0) is 16.1. The zero-order valence-electron chi connectivity index (χ0n) is 12.8. The number of nitrogens with zero attached hydrogens (tertiary/aromatic N) is 3. The third kappa shape index (κ3) is 3.79. The Morgan fingerprint density at radius 1 is 1.18 bits per heavy atom. The van der Waals surface area contributed by atoms with Gasteiger partial charge in [-0.2, -0.15) is 5.26 Å². The molecule has 0 saturated heterocycles. The molecule has 0 atom stereocenters. The Hall–Kier alpha value is -2.94. The standard InChI is InChI=1S/C16H17N5O/c1-10-4-11(2)16(12(3)5-10)21-15(22)9-20-14-8-18-13(6-17)7-19-14/h4-5,7-8H,9H2,1-3H3,(H,19,20)(H,21,22). The molecule has 2 aromatic rings. The molecule has 2 rings (SSSR count). The average Bonchev–Trinajstić information content (AvgIpc) is 2.49. The Bertz CT molecular complexity index is 708. The molecule has 0 bridgehead atoms. The predicted molar refractivity (Wildman–Crippen MR) is 84.5 cm³/mol. The van der Waals surface area contributed by atoms with Crippen LogP contribution < -0.4 is 10.6 Å². The normalized spacial score (nSPS) is 9.91. The van der Waals surface area contributed by atoms with Crippen molar-refractivity contribution in [1.82, 2.24) is 9.97 Å². The van der Waals surface area contributed by atoms with E-state index in [4.69, 9.17) is 5.26 Å². The first-order chi connectivity index (χ1) is 10.5. The van der Waals surface area contributed by atoms with Crippen molar-refractivity contribution in [3.63, 3.8) is 0 Å². The van der Waals surface area contributed by atoms with Gasteiger partial charge in [0.05, 0.1) is 18.9 Å². The first kappa shape index (κ1) is 15.4. The molecule has 0 aliphatic heterocycles. The lowest BCUT2D eigenvalue weighted by atomic mass is 10.1. The minimum atomic E-state index is -0.166. The van der Waals surface area contributed by atoms with Crippen LogP contribution in [0.25, 0.3) is 0 Å². The van der Waals surface area contributed by atoms with Gasteiger partial charge in [0, 0.05) is 5.69 Å². The van der Waals surface area contributed by atoms with Crippen molar-refractivity contribution in [1.29, 1.82) is 5.26 Å². The number of hydrogen-bond donors (Lipinski definition) is 2. The van der Waals surface area contributed by atoms with Crippen molar-refractivity contribution in [3.05, 3.63) is 46.9 Å². The van der Waals surface area contributed by atoms with Gasteiger partial charge in [-0.25, -0.2) is 9.97 Å². The van der Waals surface area contributed by atoms with Crippen LogP contribution in [0.15, 0.2) is 24.5 Å². The third-order valence-corrected chi connectivity index (χ3v) is 3.14. The van der Waals surface area contributed by atoms with Gasteiger partial charge < -0.3 is 10.6 Å². The lowest BCUT2D eigenvalue weighted by molar-refractivity contribution is -0.114. The molecule has 22 heavy (non-hydrogen) atoms. The Labute approximate surface area is 129 Å². The van der Waals surface area contributed by atoms with Crippen molar-refractivity contribution < 1.29 is 4.79 Å². The second kappa shape index (κ2) is 6.68. The van der Waals surface area contributed by atoms with E-state index in [1.807, 2.05) is 39.0 Å². The third-order valence-electron chi connectivity index (χ3n) is 3.14. The second-order valence-electron chi connectivity index (χ2n) is 5.07. The maximum absolute atomic E-state index is 12.0. The first-order valence-corrected chi connectivity index (χ1v) is 6.83. The molecule has 0 aliphatic carbocycles. The lowest BCUT2D eigenvalue weighted by Gasteiger charge is -2.13. The predicted octanol–water partition coefficient (Wildman–Crippen LogP) is 2.32. The number of nitrogens with one attached hydrogen (secondary N) is 2. The smallest absolute Gasteiger partial charge is 0.243 e. The average molecular weight is 295 g/mol. The minimum absolute atomic E-state index is 0.0767. The molecular formula is C16H17N5O. The highest BCUT2D eigenvalue weighted by Crippen LogP contribution is 2.21. The maximum atomic E-state index is 12.0. The van der Waals surface area contributed by atoms with E-state index in [2.05, 4.69) is 20.6 Å². The Morgan fingerprint density at radius 2 is 1.86 bits per heavy atom. The molecule has 0 saturated carbocycles. The fourth-order valence-corrected chi connectivity index (χ4v) is 2.21. The number of aryl methyl sites for hydroxylation is 3. The molecule has 0 aliphatic rings. The van der Waals surface area contributed by atoms with Crippen LogP contribution in [-0.4, -0.2) is 22.4 Å². The largest absolute Gasteiger partial charge is 0.360 e. The van der Waals surface area contributed by atoms with Crippen LogP contribution in [0.5, 0.6) is 0 Å². The van der Waals surface area contributed by atoms with E-state index < -0.39 is 0 Å². The van der Waals surface area contributed by atoms with Crippen LogP contribution in [-0.2, 0) is 4.79 Å². The molecule has 1 aromatic heterocycles. The number of benzene rings is 1. The quantitative estimate of drug-likeness (QED) is 0.903. The van der Waals surface area contributed by atoms with E-state index in [-0.39, 0.29) is 18.1 Å². The molecule has 6 nitrogen and oxygen atoms in total. The summed E-state index contributed by atoms with van der Waals surface area (Å²) < 4.78 is 0. The van der Waals surface area contributed by atoms with Gasteiger partial charge in [-0.15, -0.1) is 0 Å². The van der Waals surface area contributed by atoms with Gasteiger partial charge >= 0.3 is 0 Å². The van der Waals surface area contributed by atoms with Gasteiger partial charge in [0.15, 0.2) is 5.69 Å². The number of anilines is 2. The van der Waals surface area contributed by atoms with Crippen molar-refractivity contribution in [3.8, 4) is 6.07 Å². The molecule has 0 unspecified atom stereocenters. The van der Waals surface area contributed by atoms with Crippen LogP contribution in [0.1, 0.15) is 22.4 Å². The molecule has 1 heterocycles. The topological polar surface area (TPSA) is 90.7 Å². The molecule has 2 N–H and O–H groups in total. The molecule has 1 amide bonds. The maximum Gasteiger partial charge on any atom is 0.243 e. The Kier molecular flexibility index (Phi) is 4.69. The van der Waals surface area contributed by atoms with E-state index in [0.717, 1.165) is 16.8 Å². The lowest BCUT2D eigenvalue weighted by Crippen LogP contribution is -2.23. The van der Waals surface area contributed by atoms with E-state index in [1.54, 1.807) is 0 Å². The van der Waals surface area contributed by atoms with Crippen molar-refractivity contribution in [2.45, 2.75) is 20.8 Å². The van der Waals surface area contributed by atoms with E-state index >= 15 is 0 Å². The van der Waals surface area contributed by atoms with Crippen molar-refractivity contribution in [2.24, 2.45) is 0 Å². The number of carbonyl (C=O) groups excluding carboxylic acids is 1. The van der Waals surface area contributed by atoms with Crippen LogP contribution in [0.3, 0.4) is 0 Å². The molecular weight excluding hydrogens is 278 g/mol. The van der Waals surface area contributed by atoms with Gasteiger partial charge in [-0.3, -0.25) is 4.79 Å². The van der Waals surface area contributed by atoms with Gasteiger partial charge in [-0.05, 0) is 31.9 Å². The first-order valence-electron chi connectivity index (χ1n) is 6.83. The number of hydrogen-bond acceptors (Lipinski definition) is 5. The van der Waals surface area contributed by atoms with Crippen LogP contribution in [0.4, 0.5) is 11.5 Å². The molecule has 0 spiro atoms. The van der Waals surface area contributed by atoms with Crippen molar-refractivity contribution >= 4 is 17.4 Å². The monoisotopic (exact) mass is 295 g/mol. The fraction of sp³-hybridized carbons (Fsp3) is 0.250. The fourth-order valence-electron chi connectivity index (χ4n) is 2.21. The van der Waals surface area contributed by atoms with Gasteiger partial charge in [0.1, 0.15) is 11.9 Å². The summed E-state index contributed by atoms with van der Waals surface area (Å²) in [7, 11) is 0. The summed E-state index contributed by atoms with van der Waals surface area (Å²) in [6, 6.07) is 5.95. The highest BCUT2D eigenvalue weighted by Gasteiger charge is 2.08. The van der Waals surface area contributed by atoms with Crippen molar-refractivity contribution in [2.75, 3.05) is 17.2 Å². The minimum Gasteiger partial charge on any atom is -0.360 e. The number of amides is 1. The summed E-state index contributed by atoms with van der Waals surface area (Å²) in [5.74, 6) is 0.285. The van der Waals surface area contributed by atoms with Gasteiger partial charge in [0.25, 0.3) is 0 Å². The number of rotatable bonds is 4. The summed E-state index contributed by atoms with van der Waals surface area (Å²) in [6.07, 6.45) is 2.78. The summed E-state index contributed by atoms with van der Waals surface area (Å²) in [5, 5.41) is 14.4. The van der Waals surface area contributed by atoms with Crippen LogP contribution in [0, 0.1) is 32.1 Å². The van der Waals surface area contributed by atoms with E-state index in [1.165, 1.54) is 18.0 Å². The summed E-state index contributed by atoms with van der Waals surface area (Å²) in [4.78, 5) is 19.9. The Morgan fingerprint density at radius 3 is 2.41 bits per heavy atom. The van der Waals surface area contributed by atoms with Crippen LogP contribution >= 0.6 is 0 Å². The number of carbonyl (C=O) groups is 1. The molecule has 0 fully saturated rings. The summed E-state index contributed by atoms with van der Waals surface area (Å²) in [6.45, 7) is 6.04. The highest BCUT2D eigenvalue weighted by atomic mass is 16.1. The van der Waals surface area contributed by atoms with Gasteiger partial charge in [-0.1, -0.05) is 17.7 Å². The SMILES string of the molecule is Cc1cc(C)c(NC(=O)CNc2cnc(C#N)cn2)c(C)c1. The second-order valence-corrected chi connectivity index (χ2v) is 5.07. The van der Waals surface area contributed by atoms with E-state index in [9.17, 15) is 4.79 Å². The number of aromatic nitrogens is 2. The molecule has 6 heteroatoms. The van der Waals surface area contributed by atoms with Gasteiger partial charge in [0.2, 0.25) is 5.91 Å². The Balaban J connectivity index is 1.97. The molecule has 112 valence electrons. The van der Waals surface area contributed by atoms with E-state index in [0.29, 0.717) is 5.82 Å². The highest BCUT2D eigenvalue weighted by molar-refractivity contribution is 5.95. The van der Waals surface area contributed by atoms with Crippen LogP contribution in [0.2, 0.25) is 0 Å². The number of nitriles is 1. The summed E-state index contributed by atoms with van der Waals surface area (Å²) >= 11 is 0. The summed E-state index contributed by atoms with van der Waals surface area (Å²) in [5.41, 5.74) is 4.30. The molecule has 1 aromatic carbocycles. The zero-order valence-corrected chi connectivity index (χ0v) is 12.8. The molecule has 0 radical (unpaired) electrons.